The molecule has 4 aromatic rings. The quantitative estimate of drug-likeness (QED) is 0.488. The number of carbonyl (C=O) groups is 1. The predicted octanol–water partition coefficient (Wildman–Crippen LogP) is 2.93. The third-order valence-electron chi connectivity index (χ3n) is 5.33. The Bertz CT molecular complexity index is 1250. The second-order valence-corrected chi connectivity index (χ2v) is 7.52. The van der Waals surface area contributed by atoms with E-state index < -0.39 is 0 Å². The number of nitrogen functional groups attached to an aromatic ring is 1. The van der Waals surface area contributed by atoms with Gasteiger partial charge in [-0.15, -0.1) is 0 Å². The standard InChI is InChI=1S/C22H21N7O/c1-13-5-4-7-15(9-13)21(30)29-12-16(10-14-6-2-3-8-18(14)29)25-19-17-11-24-28-20(17)27-22(23)26-19/h2-9,11,16H,10,12H2,1H3,(H4,23,24,25,26,27,28). The minimum absolute atomic E-state index is 0.0201. The number of para-hydroxylation sites is 1. The van der Waals surface area contributed by atoms with Gasteiger partial charge in [-0.2, -0.15) is 15.1 Å². The third-order valence-corrected chi connectivity index (χ3v) is 5.33. The molecule has 0 saturated heterocycles. The van der Waals surface area contributed by atoms with Crippen LogP contribution in [0.2, 0.25) is 0 Å². The molecule has 4 N–H and O–H groups in total. The number of H-pyrrole nitrogens is 1. The highest BCUT2D eigenvalue weighted by Crippen LogP contribution is 2.30. The van der Waals surface area contributed by atoms with E-state index in [9.17, 15) is 4.79 Å². The third kappa shape index (κ3) is 3.22. The molecule has 1 unspecified atom stereocenters. The van der Waals surface area contributed by atoms with Crippen molar-refractivity contribution < 1.29 is 4.79 Å². The SMILES string of the molecule is Cc1cccc(C(=O)N2CC(Nc3nc(N)nc4[nH]ncc34)Cc3ccccc32)c1. The Kier molecular flexibility index (Phi) is 4.31. The fourth-order valence-electron chi connectivity index (χ4n) is 3.97. The van der Waals surface area contributed by atoms with Gasteiger partial charge in [-0.3, -0.25) is 9.89 Å². The lowest BCUT2D eigenvalue weighted by Gasteiger charge is -2.35. The molecule has 5 rings (SSSR count). The van der Waals surface area contributed by atoms with Crippen molar-refractivity contribution in [2.75, 3.05) is 22.5 Å². The van der Waals surface area contributed by atoms with Crippen molar-refractivity contribution in [2.45, 2.75) is 19.4 Å². The van der Waals surface area contributed by atoms with Gasteiger partial charge in [0, 0.05) is 23.8 Å². The lowest BCUT2D eigenvalue weighted by Crippen LogP contribution is -2.45. The fourth-order valence-corrected chi connectivity index (χ4v) is 3.97. The number of fused-ring (bicyclic) bond motifs is 2. The number of benzene rings is 2. The highest BCUT2D eigenvalue weighted by Gasteiger charge is 2.29. The van der Waals surface area contributed by atoms with Gasteiger partial charge in [0.15, 0.2) is 5.65 Å². The lowest BCUT2D eigenvalue weighted by molar-refractivity contribution is 0.0984. The number of aromatic nitrogens is 4. The molecule has 1 aliphatic heterocycles. The predicted molar refractivity (Wildman–Crippen MR) is 117 cm³/mol. The van der Waals surface area contributed by atoms with E-state index >= 15 is 0 Å². The van der Waals surface area contributed by atoms with Crippen LogP contribution in [0.3, 0.4) is 0 Å². The van der Waals surface area contributed by atoms with Crippen LogP contribution < -0.4 is 16.0 Å². The molecule has 3 heterocycles. The summed E-state index contributed by atoms with van der Waals surface area (Å²) in [7, 11) is 0. The largest absolute Gasteiger partial charge is 0.368 e. The Hall–Kier alpha value is -3.94. The van der Waals surface area contributed by atoms with Crippen LogP contribution in [0.25, 0.3) is 11.0 Å². The Labute approximate surface area is 173 Å². The fraction of sp³-hybridized carbons (Fsp3) is 0.182. The summed E-state index contributed by atoms with van der Waals surface area (Å²) in [5, 5.41) is 11.1. The molecule has 0 fully saturated rings. The molecule has 30 heavy (non-hydrogen) atoms. The average molecular weight is 399 g/mol. The first-order valence-corrected chi connectivity index (χ1v) is 9.78. The number of aryl methyl sites for hydroxylation is 1. The molecule has 0 spiro atoms. The molecule has 8 heteroatoms. The first kappa shape index (κ1) is 18.1. The molecule has 2 aromatic carbocycles. The number of aromatic amines is 1. The van der Waals surface area contributed by atoms with E-state index in [1.54, 1.807) is 6.20 Å². The Morgan fingerprint density at radius 3 is 2.93 bits per heavy atom. The summed E-state index contributed by atoms with van der Waals surface area (Å²) in [5.41, 5.74) is 10.2. The highest BCUT2D eigenvalue weighted by atomic mass is 16.2. The Morgan fingerprint density at radius 1 is 1.20 bits per heavy atom. The van der Waals surface area contributed by atoms with Crippen LogP contribution in [-0.4, -0.2) is 38.7 Å². The van der Waals surface area contributed by atoms with Gasteiger partial charge >= 0.3 is 0 Å². The first-order valence-electron chi connectivity index (χ1n) is 9.78. The van der Waals surface area contributed by atoms with E-state index in [0.717, 1.165) is 28.6 Å². The first-order chi connectivity index (χ1) is 14.6. The van der Waals surface area contributed by atoms with Crippen LogP contribution in [0.4, 0.5) is 17.5 Å². The molecule has 150 valence electrons. The Balaban J connectivity index is 1.50. The molecule has 8 nitrogen and oxygen atoms in total. The molecular weight excluding hydrogens is 378 g/mol. The summed E-state index contributed by atoms with van der Waals surface area (Å²) in [6.45, 7) is 2.49. The molecule has 1 aliphatic rings. The maximum atomic E-state index is 13.4. The van der Waals surface area contributed by atoms with Gasteiger partial charge in [-0.1, -0.05) is 35.9 Å². The monoisotopic (exact) mass is 399 g/mol. The number of hydrogen-bond donors (Lipinski definition) is 3. The number of nitrogens with one attached hydrogen (secondary N) is 2. The maximum absolute atomic E-state index is 13.4. The van der Waals surface area contributed by atoms with Crippen LogP contribution in [-0.2, 0) is 6.42 Å². The number of nitrogens with two attached hydrogens (primary N) is 1. The minimum atomic E-state index is -0.0407. The van der Waals surface area contributed by atoms with Crippen molar-refractivity contribution in [1.82, 2.24) is 20.2 Å². The second kappa shape index (κ2) is 7.14. The van der Waals surface area contributed by atoms with Crippen molar-refractivity contribution in [3.63, 3.8) is 0 Å². The summed E-state index contributed by atoms with van der Waals surface area (Å²) in [6.07, 6.45) is 2.43. The highest BCUT2D eigenvalue weighted by molar-refractivity contribution is 6.07. The normalized spacial score (nSPS) is 15.8. The minimum Gasteiger partial charge on any atom is -0.368 e. The lowest BCUT2D eigenvalue weighted by atomic mass is 9.96. The van der Waals surface area contributed by atoms with Crippen molar-refractivity contribution in [1.29, 1.82) is 0 Å². The molecule has 0 bridgehead atoms. The average Bonchev–Trinajstić information content (AvgIpc) is 3.21. The van der Waals surface area contributed by atoms with Crippen LogP contribution in [0.5, 0.6) is 0 Å². The number of nitrogens with zero attached hydrogens (tertiary/aromatic N) is 4. The van der Waals surface area contributed by atoms with Crippen LogP contribution in [0, 0.1) is 6.92 Å². The molecule has 0 aliphatic carbocycles. The molecule has 0 radical (unpaired) electrons. The topological polar surface area (TPSA) is 113 Å². The zero-order valence-electron chi connectivity index (χ0n) is 16.5. The van der Waals surface area contributed by atoms with Gasteiger partial charge < -0.3 is 16.0 Å². The zero-order chi connectivity index (χ0) is 20.7. The molecule has 1 atom stereocenters. The molecular formula is C22H21N7O. The van der Waals surface area contributed by atoms with Gasteiger partial charge in [0.05, 0.1) is 11.6 Å². The molecule has 2 aromatic heterocycles. The van der Waals surface area contributed by atoms with E-state index in [0.29, 0.717) is 23.6 Å². The number of rotatable bonds is 3. The number of amides is 1. The summed E-state index contributed by atoms with van der Waals surface area (Å²) in [6, 6.07) is 15.6. The van der Waals surface area contributed by atoms with Gasteiger partial charge in [-0.25, -0.2) is 0 Å². The van der Waals surface area contributed by atoms with Gasteiger partial charge in [0.25, 0.3) is 5.91 Å². The zero-order valence-corrected chi connectivity index (χ0v) is 16.5. The van der Waals surface area contributed by atoms with Crippen LogP contribution >= 0.6 is 0 Å². The van der Waals surface area contributed by atoms with Crippen molar-refractivity contribution in [3.8, 4) is 0 Å². The van der Waals surface area contributed by atoms with E-state index in [-0.39, 0.29) is 17.9 Å². The van der Waals surface area contributed by atoms with E-state index in [1.165, 1.54) is 0 Å². The smallest absolute Gasteiger partial charge is 0.258 e. The number of carbonyl (C=O) groups excluding carboxylic acids is 1. The van der Waals surface area contributed by atoms with Crippen molar-refractivity contribution in [3.05, 3.63) is 71.4 Å². The Morgan fingerprint density at radius 2 is 2.07 bits per heavy atom. The van der Waals surface area contributed by atoms with Gasteiger partial charge in [0.1, 0.15) is 5.82 Å². The van der Waals surface area contributed by atoms with Crippen LogP contribution in [0.15, 0.2) is 54.7 Å². The summed E-state index contributed by atoms with van der Waals surface area (Å²) < 4.78 is 0. The van der Waals surface area contributed by atoms with Crippen molar-refractivity contribution >= 4 is 34.4 Å². The van der Waals surface area contributed by atoms with E-state index in [2.05, 4.69) is 31.5 Å². The number of hydrogen-bond acceptors (Lipinski definition) is 6. The maximum Gasteiger partial charge on any atom is 0.258 e. The number of anilines is 3. The van der Waals surface area contributed by atoms with Crippen LogP contribution in [0.1, 0.15) is 21.5 Å². The van der Waals surface area contributed by atoms with Gasteiger partial charge in [-0.05, 0) is 37.1 Å². The van der Waals surface area contributed by atoms with Gasteiger partial charge in [0.2, 0.25) is 5.95 Å². The van der Waals surface area contributed by atoms with Crippen molar-refractivity contribution in [2.24, 2.45) is 0 Å². The van der Waals surface area contributed by atoms with E-state index in [1.807, 2.05) is 54.3 Å². The summed E-state index contributed by atoms with van der Waals surface area (Å²) >= 11 is 0. The second-order valence-electron chi connectivity index (χ2n) is 7.52. The molecule has 0 saturated carbocycles. The molecule has 1 amide bonds. The summed E-state index contributed by atoms with van der Waals surface area (Å²) in [5.74, 6) is 0.755. The summed E-state index contributed by atoms with van der Waals surface area (Å²) in [4.78, 5) is 23.7. The van der Waals surface area contributed by atoms with E-state index in [4.69, 9.17) is 5.73 Å².